The number of rotatable bonds is 3. The van der Waals surface area contributed by atoms with Gasteiger partial charge in [-0.05, 0) is 25.1 Å². The van der Waals surface area contributed by atoms with Crippen LogP contribution in [0.3, 0.4) is 0 Å². The zero-order chi connectivity index (χ0) is 13.2. The van der Waals surface area contributed by atoms with Gasteiger partial charge in [-0.2, -0.15) is 0 Å². The van der Waals surface area contributed by atoms with Crippen molar-refractivity contribution in [3.63, 3.8) is 0 Å². The van der Waals surface area contributed by atoms with E-state index in [1.165, 1.54) is 6.08 Å². The molecule has 2 aromatic rings. The predicted molar refractivity (Wildman–Crippen MR) is 71.1 cm³/mol. The molecule has 1 aromatic heterocycles. The highest BCUT2D eigenvalue weighted by Crippen LogP contribution is 2.18. The molecule has 0 saturated carbocycles. The van der Waals surface area contributed by atoms with E-state index in [0.29, 0.717) is 5.69 Å². The van der Waals surface area contributed by atoms with Gasteiger partial charge in [0.1, 0.15) is 5.69 Å². The van der Waals surface area contributed by atoms with E-state index in [0.717, 1.165) is 10.9 Å². The van der Waals surface area contributed by atoms with Crippen molar-refractivity contribution >= 4 is 16.9 Å². The third-order valence-corrected chi connectivity index (χ3v) is 2.73. The highest BCUT2D eigenvalue weighted by molar-refractivity contribution is 5.95. The van der Waals surface area contributed by atoms with Crippen LogP contribution in [0.4, 0.5) is 0 Å². The zero-order valence-corrected chi connectivity index (χ0v) is 10.1. The number of esters is 1. The highest BCUT2D eigenvalue weighted by Gasteiger charge is 2.23. The monoisotopic (exact) mass is 239 g/mol. The first-order chi connectivity index (χ1) is 8.58. The molecule has 1 heterocycles. The van der Waals surface area contributed by atoms with Crippen LogP contribution in [0.1, 0.15) is 17.4 Å². The van der Waals surface area contributed by atoms with Crippen LogP contribution >= 0.6 is 0 Å². The number of aromatic amines is 1. The van der Waals surface area contributed by atoms with Crippen molar-refractivity contribution < 1.29 is 9.53 Å². The van der Waals surface area contributed by atoms with Crippen molar-refractivity contribution in [3.8, 4) is 12.3 Å². The molecule has 0 radical (unpaired) electrons. The lowest BCUT2D eigenvalue weighted by Gasteiger charge is -2.18. The van der Waals surface area contributed by atoms with E-state index in [1.54, 1.807) is 13.0 Å². The maximum absolute atomic E-state index is 12.0. The smallest absolute Gasteiger partial charge is 0.356 e. The number of carbonyl (C=O) groups excluding carboxylic acids is 1. The van der Waals surface area contributed by atoms with Crippen LogP contribution in [-0.4, -0.2) is 16.6 Å². The molecule has 0 spiro atoms. The van der Waals surface area contributed by atoms with Gasteiger partial charge in [-0.15, -0.1) is 6.42 Å². The Hall–Kier alpha value is -2.47. The number of nitrogens with one attached hydrogen (secondary N) is 1. The number of fused-ring (bicyclic) bond motifs is 1. The molecule has 0 saturated heterocycles. The fourth-order valence-electron chi connectivity index (χ4n) is 1.56. The fraction of sp³-hybridized carbons (Fsp3) is 0.133. The van der Waals surface area contributed by atoms with Crippen LogP contribution in [-0.2, 0) is 4.74 Å². The van der Waals surface area contributed by atoms with Gasteiger partial charge < -0.3 is 9.72 Å². The average molecular weight is 239 g/mol. The molecule has 0 bridgehead atoms. The van der Waals surface area contributed by atoms with Crippen LogP contribution in [0.5, 0.6) is 0 Å². The van der Waals surface area contributed by atoms with E-state index < -0.39 is 11.6 Å². The van der Waals surface area contributed by atoms with Gasteiger partial charge in [0.2, 0.25) is 0 Å². The summed E-state index contributed by atoms with van der Waals surface area (Å²) >= 11 is 0. The molecule has 1 unspecified atom stereocenters. The van der Waals surface area contributed by atoms with E-state index in [2.05, 4.69) is 17.5 Å². The van der Waals surface area contributed by atoms with E-state index >= 15 is 0 Å². The van der Waals surface area contributed by atoms with Gasteiger partial charge >= 0.3 is 5.97 Å². The molecule has 1 N–H and O–H groups in total. The number of aromatic nitrogens is 1. The number of benzene rings is 1. The average Bonchev–Trinajstić information content (AvgIpc) is 2.82. The summed E-state index contributed by atoms with van der Waals surface area (Å²) in [5.41, 5.74) is 0.166. The van der Waals surface area contributed by atoms with Crippen molar-refractivity contribution in [2.75, 3.05) is 0 Å². The second-order valence-corrected chi connectivity index (χ2v) is 4.12. The van der Waals surface area contributed by atoms with Gasteiger partial charge in [0.05, 0.1) is 0 Å². The zero-order valence-electron chi connectivity index (χ0n) is 10.1. The Bertz CT molecular complexity index is 615. The summed E-state index contributed by atoms with van der Waals surface area (Å²) in [4.78, 5) is 14.9. The lowest BCUT2D eigenvalue weighted by atomic mass is 10.1. The number of ether oxygens (including phenoxy) is 1. The molecular formula is C15H13NO2. The van der Waals surface area contributed by atoms with Crippen molar-refractivity contribution in [1.82, 2.24) is 4.98 Å². The molecular weight excluding hydrogens is 226 g/mol. The van der Waals surface area contributed by atoms with Crippen LogP contribution in [0.15, 0.2) is 43.0 Å². The van der Waals surface area contributed by atoms with E-state index in [9.17, 15) is 4.79 Å². The SMILES string of the molecule is C#CC(C)(C=C)OC(=O)c1cc2ccccc2[nH]1. The van der Waals surface area contributed by atoms with E-state index in [-0.39, 0.29) is 0 Å². The molecule has 90 valence electrons. The number of carbonyl (C=O) groups is 1. The van der Waals surface area contributed by atoms with Crippen molar-refractivity contribution in [1.29, 1.82) is 0 Å². The first kappa shape index (κ1) is 12.0. The van der Waals surface area contributed by atoms with Gasteiger partial charge in [0.15, 0.2) is 5.60 Å². The molecule has 3 heteroatoms. The van der Waals surface area contributed by atoms with Crippen molar-refractivity contribution in [2.24, 2.45) is 0 Å². The molecule has 0 aliphatic carbocycles. The quantitative estimate of drug-likeness (QED) is 0.508. The summed E-state index contributed by atoms with van der Waals surface area (Å²) in [6, 6.07) is 9.33. The molecule has 2 rings (SSSR count). The summed E-state index contributed by atoms with van der Waals surface area (Å²) in [5.74, 6) is 1.89. The molecule has 3 nitrogen and oxygen atoms in total. The molecule has 0 aliphatic heterocycles. The number of para-hydroxylation sites is 1. The summed E-state index contributed by atoms with van der Waals surface area (Å²) < 4.78 is 5.23. The lowest BCUT2D eigenvalue weighted by Crippen LogP contribution is -2.27. The van der Waals surface area contributed by atoms with Crippen LogP contribution in [0.2, 0.25) is 0 Å². The largest absolute Gasteiger partial charge is 0.438 e. The van der Waals surface area contributed by atoms with Gasteiger partial charge in [0.25, 0.3) is 0 Å². The van der Waals surface area contributed by atoms with Gasteiger partial charge in [0, 0.05) is 10.9 Å². The Labute approximate surface area is 105 Å². The summed E-state index contributed by atoms with van der Waals surface area (Å²) in [7, 11) is 0. The Morgan fingerprint density at radius 3 is 2.89 bits per heavy atom. The molecule has 0 fully saturated rings. The first-order valence-corrected chi connectivity index (χ1v) is 5.50. The van der Waals surface area contributed by atoms with Crippen molar-refractivity contribution in [2.45, 2.75) is 12.5 Å². The molecule has 0 aliphatic rings. The predicted octanol–water partition coefficient (Wildman–Crippen LogP) is 2.90. The minimum absolute atomic E-state index is 0.375. The molecule has 18 heavy (non-hydrogen) atoms. The number of H-pyrrole nitrogens is 1. The van der Waals surface area contributed by atoms with E-state index in [4.69, 9.17) is 11.2 Å². The third-order valence-electron chi connectivity index (χ3n) is 2.73. The van der Waals surface area contributed by atoms with Crippen molar-refractivity contribution in [3.05, 3.63) is 48.7 Å². The maximum atomic E-state index is 12.0. The molecule has 1 aromatic carbocycles. The van der Waals surface area contributed by atoms with Crippen LogP contribution < -0.4 is 0 Å². The van der Waals surface area contributed by atoms with E-state index in [1.807, 2.05) is 24.3 Å². The Balaban J connectivity index is 2.29. The first-order valence-electron chi connectivity index (χ1n) is 5.50. The van der Waals surface area contributed by atoms with Crippen LogP contribution in [0.25, 0.3) is 10.9 Å². The third kappa shape index (κ3) is 2.14. The Kier molecular flexibility index (Phi) is 2.95. The highest BCUT2D eigenvalue weighted by atomic mass is 16.6. The van der Waals surface area contributed by atoms with Crippen LogP contribution in [0, 0.1) is 12.3 Å². The maximum Gasteiger partial charge on any atom is 0.356 e. The number of hydrogen-bond donors (Lipinski definition) is 1. The summed E-state index contributed by atoms with van der Waals surface area (Å²) in [6.07, 6.45) is 6.73. The second-order valence-electron chi connectivity index (χ2n) is 4.12. The summed E-state index contributed by atoms with van der Waals surface area (Å²) in [6.45, 7) is 5.17. The minimum atomic E-state index is -1.09. The standard InChI is InChI=1S/C15H13NO2/c1-4-15(3,5-2)18-14(17)13-10-11-8-6-7-9-12(11)16-13/h1,5-10,16H,2H2,3H3. The second kappa shape index (κ2) is 4.42. The van der Waals surface area contributed by atoms with Gasteiger partial charge in [-0.3, -0.25) is 0 Å². The van der Waals surface area contributed by atoms with Gasteiger partial charge in [-0.1, -0.05) is 30.7 Å². The normalized spacial score (nSPS) is 13.6. The minimum Gasteiger partial charge on any atom is -0.438 e. The molecule has 0 amide bonds. The summed E-state index contributed by atoms with van der Waals surface area (Å²) in [5, 5.41) is 0.950. The number of terminal acetylenes is 1. The molecule has 1 atom stereocenters. The Morgan fingerprint density at radius 1 is 1.56 bits per heavy atom. The number of hydrogen-bond acceptors (Lipinski definition) is 2. The topological polar surface area (TPSA) is 42.1 Å². The van der Waals surface area contributed by atoms with Gasteiger partial charge in [-0.25, -0.2) is 4.79 Å². The Morgan fingerprint density at radius 2 is 2.28 bits per heavy atom. The fourth-order valence-corrected chi connectivity index (χ4v) is 1.56. The lowest BCUT2D eigenvalue weighted by molar-refractivity contribution is 0.0278.